The number of nitrogens with zero attached hydrogens (tertiary/aromatic N) is 3. The predicted octanol–water partition coefficient (Wildman–Crippen LogP) is 2.38. The number of carbonyl (C=O) groups excluding carboxylic acids is 1. The first-order valence-electron chi connectivity index (χ1n) is 8.29. The normalized spacial score (nSPS) is 16.4. The standard InChI is InChI=1S/C18H24N4O2.2ClH/c1-21-13-14(11-20-21)7-8-18(23)22-10-9-19-12-16(22)15-5-3-4-6-17(15)24-2;;/h3-6,11,13,16,19H,7-10,12H2,1-2H3;2*1H. The van der Waals surface area contributed by atoms with E-state index in [2.05, 4.69) is 10.4 Å². The minimum atomic E-state index is 0. The second-order valence-electron chi connectivity index (χ2n) is 6.07. The largest absolute Gasteiger partial charge is 0.496 e. The van der Waals surface area contributed by atoms with E-state index in [1.165, 1.54) is 0 Å². The van der Waals surface area contributed by atoms with Gasteiger partial charge in [0.05, 0.1) is 19.3 Å². The highest BCUT2D eigenvalue weighted by atomic mass is 35.5. The molecule has 1 fully saturated rings. The third kappa shape index (κ3) is 5.13. The SMILES string of the molecule is COc1ccccc1C1CNCCN1C(=O)CCc1cnn(C)c1.Cl.Cl. The first-order chi connectivity index (χ1) is 11.7. The molecule has 0 bridgehead atoms. The Kier molecular flexibility index (Phi) is 8.92. The van der Waals surface area contributed by atoms with Crippen molar-refractivity contribution in [1.82, 2.24) is 20.0 Å². The van der Waals surface area contributed by atoms with Gasteiger partial charge in [-0.05, 0) is 18.1 Å². The number of rotatable bonds is 5. The molecule has 1 aliphatic heterocycles. The molecule has 1 aromatic heterocycles. The minimum absolute atomic E-state index is 0. The van der Waals surface area contributed by atoms with Crippen LogP contribution in [0, 0.1) is 0 Å². The third-order valence-corrected chi connectivity index (χ3v) is 4.45. The zero-order valence-electron chi connectivity index (χ0n) is 15.1. The zero-order chi connectivity index (χ0) is 16.9. The average molecular weight is 401 g/mol. The topological polar surface area (TPSA) is 59.4 Å². The van der Waals surface area contributed by atoms with Crippen LogP contribution in [0.2, 0.25) is 0 Å². The Morgan fingerprint density at radius 1 is 1.35 bits per heavy atom. The highest BCUT2D eigenvalue weighted by molar-refractivity contribution is 5.85. The Hall–Kier alpha value is -1.76. The number of piperazine rings is 1. The van der Waals surface area contributed by atoms with E-state index >= 15 is 0 Å². The fourth-order valence-corrected chi connectivity index (χ4v) is 3.22. The van der Waals surface area contributed by atoms with Gasteiger partial charge in [0.1, 0.15) is 5.75 Å². The fourth-order valence-electron chi connectivity index (χ4n) is 3.22. The molecule has 1 amide bonds. The van der Waals surface area contributed by atoms with Gasteiger partial charge in [0, 0.05) is 44.9 Å². The fraction of sp³-hybridized carbons (Fsp3) is 0.444. The Morgan fingerprint density at radius 2 is 2.12 bits per heavy atom. The zero-order valence-corrected chi connectivity index (χ0v) is 16.7. The Labute approximate surface area is 166 Å². The Bertz CT molecular complexity index is 708. The highest BCUT2D eigenvalue weighted by Crippen LogP contribution is 2.30. The van der Waals surface area contributed by atoms with Gasteiger partial charge in [0.25, 0.3) is 0 Å². The molecule has 1 N–H and O–H groups in total. The van der Waals surface area contributed by atoms with Crippen LogP contribution in [0.3, 0.4) is 0 Å². The Balaban J connectivity index is 0.00000169. The van der Waals surface area contributed by atoms with Gasteiger partial charge in [-0.2, -0.15) is 5.10 Å². The summed E-state index contributed by atoms with van der Waals surface area (Å²) in [4.78, 5) is 14.8. The van der Waals surface area contributed by atoms with Crippen molar-refractivity contribution in [2.75, 3.05) is 26.7 Å². The predicted molar refractivity (Wildman–Crippen MR) is 106 cm³/mol. The summed E-state index contributed by atoms with van der Waals surface area (Å²) in [6.07, 6.45) is 5.00. The van der Waals surface area contributed by atoms with Gasteiger partial charge < -0.3 is 15.0 Å². The first-order valence-corrected chi connectivity index (χ1v) is 8.29. The van der Waals surface area contributed by atoms with Crippen molar-refractivity contribution in [3.05, 3.63) is 47.8 Å². The number of aryl methyl sites for hydroxylation is 2. The number of para-hydroxylation sites is 1. The van der Waals surface area contributed by atoms with Crippen molar-refractivity contribution in [2.45, 2.75) is 18.9 Å². The monoisotopic (exact) mass is 400 g/mol. The van der Waals surface area contributed by atoms with Crippen LogP contribution in [0.15, 0.2) is 36.7 Å². The van der Waals surface area contributed by atoms with Crippen LogP contribution >= 0.6 is 24.8 Å². The summed E-state index contributed by atoms with van der Waals surface area (Å²) in [5.74, 6) is 1.01. The Morgan fingerprint density at radius 3 is 2.81 bits per heavy atom. The van der Waals surface area contributed by atoms with Gasteiger partial charge >= 0.3 is 0 Å². The number of carbonyl (C=O) groups is 1. The van der Waals surface area contributed by atoms with Crippen molar-refractivity contribution < 1.29 is 9.53 Å². The summed E-state index contributed by atoms with van der Waals surface area (Å²) in [5.41, 5.74) is 2.15. The summed E-state index contributed by atoms with van der Waals surface area (Å²) < 4.78 is 7.25. The molecule has 0 radical (unpaired) electrons. The maximum Gasteiger partial charge on any atom is 0.223 e. The maximum absolute atomic E-state index is 12.8. The van der Waals surface area contributed by atoms with Crippen molar-refractivity contribution in [3.63, 3.8) is 0 Å². The smallest absolute Gasteiger partial charge is 0.223 e. The van der Waals surface area contributed by atoms with Gasteiger partial charge in [-0.1, -0.05) is 18.2 Å². The van der Waals surface area contributed by atoms with Gasteiger partial charge in [0.2, 0.25) is 5.91 Å². The summed E-state index contributed by atoms with van der Waals surface area (Å²) in [6, 6.07) is 7.94. The molecule has 2 heterocycles. The molecule has 0 spiro atoms. The van der Waals surface area contributed by atoms with Crippen LogP contribution in [-0.4, -0.2) is 47.3 Å². The molecule has 1 saturated heterocycles. The second kappa shape index (κ2) is 10.4. The second-order valence-corrected chi connectivity index (χ2v) is 6.07. The molecule has 0 saturated carbocycles. The number of aromatic nitrogens is 2. The molecule has 2 aromatic rings. The van der Waals surface area contributed by atoms with E-state index in [-0.39, 0.29) is 36.8 Å². The number of hydrogen-bond acceptors (Lipinski definition) is 4. The number of halogens is 2. The van der Waals surface area contributed by atoms with E-state index < -0.39 is 0 Å². The first kappa shape index (κ1) is 22.3. The van der Waals surface area contributed by atoms with E-state index in [0.29, 0.717) is 13.0 Å². The molecule has 1 aliphatic rings. The lowest BCUT2D eigenvalue weighted by atomic mass is 10.0. The number of hydrogen-bond donors (Lipinski definition) is 1. The molecule has 1 aromatic carbocycles. The van der Waals surface area contributed by atoms with Gasteiger partial charge in [-0.25, -0.2) is 0 Å². The van der Waals surface area contributed by atoms with Crippen molar-refractivity contribution >= 4 is 30.7 Å². The van der Waals surface area contributed by atoms with Crippen molar-refractivity contribution in [1.29, 1.82) is 0 Å². The van der Waals surface area contributed by atoms with Crippen LogP contribution < -0.4 is 10.1 Å². The molecule has 26 heavy (non-hydrogen) atoms. The van der Waals surface area contributed by atoms with Crippen LogP contribution in [0.4, 0.5) is 0 Å². The highest BCUT2D eigenvalue weighted by Gasteiger charge is 2.29. The summed E-state index contributed by atoms with van der Waals surface area (Å²) in [5, 5.41) is 7.54. The molecule has 144 valence electrons. The van der Waals surface area contributed by atoms with E-state index in [0.717, 1.165) is 36.4 Å². The lowest BCUT2D eigenvalue weighted by Gasteiger charge is -2.37. The van der Waals surface area contributed by atoms with E-state index in [1.807, 2.05) is 48.6 Å². The van der Waals surface area contributed by atoms with Crippen molar-refractivity contribution in [2.24, 2.45) is 7.05 Å². The molecule has 1 unspecified atom stereocenters. The van der Waals surface area contributed by atoms with E-state index in [4.69, 9.17) is 4.74 Å². The van der Waals surface area contributed by atoms with E-state index in [1.54, 1.807) is 11.8 Å². The minimum Gasteiger partial charge on any atom is -0.496 e. The van der Waals surface area contributed by atoms with E-state index in [9.17, 15) is 4.79 Å². The van der Waals surface area contributed by atoms with Crippen LogP contribution in [0.25, 0.3) is 0 Å². The van der Waals surface area contributed by atoms with Crippen LogP contribution in [0.1, 0.15) is 23.6 Å². The lowest BCUT2D eigenvalue weighted by molar-refractivity contribution is -0.134. The molecular weight excluding hydrogens is 375 g/mol. The van der Waals surface area contributed by atoms with Gasteiger partial charge in [0.15, 0.2) is 0 Å². The maximum atomic E-state index is 12.8. The molecule has 0 aliphatic carbocycles. The number of ether oxygens (including phenoxy) is 1. The number of methoxy groups -OCH3 is 1. The number of amides is 1. The summed E-state index contributed by atoms with van der Waals surface area (Å²) in [6.45, 7) is 2.29. The van der Waals surface area contributed by atoms with Gasteiger partial charge in [-0.3, -0.25) is 9.48 Å². The quantitative estimate of drug-likeness (QED) is 0.836. The summed E-state index contributed by atoms with van der Waals surface area (Å²) in [7, 11) is 3.56. The molecule has 1 atom stereocenters. The number of benzene rings is 1. The number of nitrogens with one attached hydrogen (secondary N) is 1. The molecule has 3 rings (SSSR count). The average Bonchev–Trinajstić information content (AvgIpc) is 3.05. The van der Waals surface area contributed by atoms with Crippen LogP contribution in [0.5, 0.6) is 5.75 Å². The molecule has 8 heteroatoms. The van der Waals surface area contributed by atoms with Gasteiger partial charge in [-0.15, -0.1) is 24.8 Å². The molecule has 6 nitrogen and oxygen atoms in total. The van der Waals surface area contributed by atoms with Crippen molar-refractivity contribution in [3.8, 4) is 5.75 Å². The third-order valence-electron chi connectivity index (χ3n) is 4.45. The van der Waals surface area contributed by atoms with Crippen LogP contribution in [-0.2, 0) is 18.3 Å². The molecular formula is C18H26Cl2N4O2. The lowest BCUT2D eigenvalue weighted by Crippen LogP contribution is -2.48. The summed E-state index contributed by atoms with van der Waals surface area (Å²) >= 11 is 0.